The molecule has 0 spiro atoms. The third kappa shape index (κ3) is 7.55. The van der Waals surface area contributed by atoms with Crippen molar-refractivity contribution in [3.63, 3.8) is 0 Å². The molecule has 0 saturated heterocycles. The van der Waals surface area contributed by atoms with E-state index in [-0.39, 0.29) is 12.1 Å². The van der Waals surface area contributed by atoms with E-state index >= 15 is 0 Å². The van der Waals surface area contributed by atoms with Crippen LogP contribution >= 0.6 is 0 Å². The summed E-state index contributed by atoms with van der Waals surface area (Å²) in [5.41, 5.74) is -1.17. The number of esters is 1. The lowest BCUT2D eigenvalue weighted by atomic mass is 9.99. The Hall–Kier alpha value is -1.70. The van der Waals surface area contributed by atoms with Gasteiger partial charge in [-0.05, 0) is 40.5 Å². The number of carbonyl (C=O) groups is 1. The van der Waals surface area contributed by atoms with E-state index in [0.717, 1.165) is 6.08 Å². The van der Waals surface area contributed by atoms with E-state index in [1.54, 1.807) is 6.92 Å². The van der Waals surface area contributed by atoms with Gasteiger partial charge < -0.3 is 4.74 Å². The Labute approximate surface area is 109 Å². The van der Waals surface area contributed by atoms with Gasteiger partial charge in [0.15, 0.2) is 5.54 Å². The molecule has 0 aliphatic heterocycles. The number of rotatable bonds is 6. The number of carbonyl (C=O) groups excluding carboxylic acids is 1. The average Bonchev–Trinajstić information content (AvgIpc) is 2.31. The van der Waals surface area contributed by atoms with E-state index < -0.39 is 11.5 Å². The lowest BCUT2D eigenvalue weighted by Gasteiger charge is -2.18. The molecule has 0 bridgehead atoms. The Kier molecular flexibility index (Phi) is 6.24. The Morgan fingerprint density at radius 2 is 2.00 bits per heavy atom. The van der Waals surface area contributed by atoms with Crippen molar-refractivity contribution in [1.82, 2.24) is 0 Å². The first-order valence-electron chi connectivity index (χ1n) is 5.87. The molecule has 0 aromatic carbocycles. The second-order valence-corrected chi connectivity index (χ2v) is 5.23. The molecule has 100 valence electrons. The minimum atomic E-state index is -0.867. The molecule has 0 rings (SSSR count). The summed E-state index contributed by atoms with van der Waals surface area (Å²) in [5, 5.41) is 17.3. The summed E-state index contributed by atoms with van der Waals surface area (Å²) in [4.78, 5) is 10.8. The molecule has 0 fully saturated rings. The number of hydrogen-bond donors (Lipinski definition) is 0. The normalized spacial score (nSPS) is 14.8. The van der Waals surface area contributed by atoms with Crippen LogP contribution < -0.4 is 0 Å². The van der Waals surface area contributed by atoms with Gasteiger partial charge in [-0.25, -0.2) is 4.79 Å². The van der Waals surface area contributed by atoms with E-state index in [9.17, 15) is 4.79 Å². The molecule has 1 atom stereocenters. The van der Waals surface area contributed by atoms with E-state index in [2.05, 4.69) is 22.9 Å². The summed E-state index contributed by atoms with van der Waals surface area (Å²) in [6.45, 7) is 11.0. The van der Waals surface area contributed by atoms with Gasteiger partial charge in [-0.15, -0.1) is 0 Å². The van der Waals surface area contributed by atoms with Crippen LogP contribution in [0.2, 0.25) is 0 Å². The highest BCUT2D eigenvalue weighted by Gasteiger charge is 2.24. The van der Waals surface area contributed by atoms with Crippen LogP contribution in [0.4, 0.5) is 0 Å². The van der Waals surface area contributed by atoms with Gasteiger partial charge in [0, 0.05) is 6.08 Å². The molecule has 0 radical (unpaired) electrons. The number of hydrogen-bond acceptors (Lipinski definition) is 5. The first-order valence-corrected chi connectivity index (χ1v) is 5.87. The van der Waals surface area contributed by atoms with Crippen molar-refractivity contribution in [3.05, 3.63) is 12.7 Å². The Bertz CT molecular complexity index is 363. The second-order valence-electron chi connectivity index (χ2n) is 5.23. The highest BCUT2D eigenvalue weighted by molar-refractivity contribution is 5.81. The standard InChI is InChI=1S/C13H21N3O2/c1-6-11(17)18-9-7-8-13(5,10-14)16-15-12(2,3)4/h6H,1,7-9H2,2-5H3/b16-15+. The zero-order valence-corrected chi connectivity index (χ0v) is 11.6. The fourth-order valence-electron chi connectivity index (χ4n) is 1.04. The lowest BCUT2D eigenvalue weighted by molar-refractivity contribution is -0.137. The van der Waals surface area contributed by atoms with E-state index in [1.165, 1.54) is 0 Å². The van der Waals surface area contributed by atoms with Crippen molar-refractivity contribution < 1.29 is 9.53 Å². The molecule has 5 heteroatoms. The first kappa shape index (κ1) is 16.3. The van der Waals surface area contributed by atoms with Gasteiger partial charge in [0.1, 0.15) is 0 Å². The molecule has 0 aromatic rings. The Balaban J connectivity index is 4.26. The SMILES string of the molecule is C=CC(=O)OCCCC(C)(C#N)/N=N/C(C)(C)C. The summed E-state index contributed by atoms with van der Waals surface area (Å²) in [5.74, 6) is -0.454. The summed E-state index contributed by atoms with van der Waals surface area (Å²) in [7, 11) is 0. The van der Waals surface area contributed by atoms with Crippen LogP contribution in [0.1, 0.15) is 40.5 Å². The zero-order valence-electron chi connectivity index (χ0n) is 11.6. The van der Waals surface area contributed by atoms with Gasteiger partial charge >= 0.3 is 5.97 Å². The van der Waals surface area contributed by atoms with Crippen molar-refractivity contribution in [2.45, 2.75) is 51.6 Å². The first-order chi connectivity index (χ1) is 8.22. The number of nitriles is 1. The predicted molar refractivity (Wildman–Crippen MR) is 69.0 cm³/mol. The maximum absolute atomic E-state index is 10.8. The minimum absolute atomic E-state index is 0.257. The van der Waals surface area contributed by atoms with Gasteiger partial charge in [-0.3, -0.25) is 0 Å². The number of nitrogens with zero attached hydrogens (tertiary/aromatic N) is 3. The monoisotopic (exact) mass is 251 g/mol. The molecule has 0 amide bonds. The Morgan fingerprint density at radius 3 is 2.44 bits per heavy atom. The topological polar surface area (TPSA) is 74.8 Å². The van der Waals surface area contributed by atoms with Crippen LogP contribution in [0.15, 0.2) is 22.9 Å². The quantitative estimate of drug-likeness (QED) is 0.315. The maximum atomic E-state index is 10.8. The average molecular weight is 251 g/mol. The molecule has 1 unspecified atom stereocenters. The molecule has 18 heavy (non-hydrogen) atoms. The van der Waals surface area contributed by atoms with Crippen LogP contribution in [0.5, 0.6) is 0 Å². The van der Waals surface area contributed by atoms with Gasteiger partial charge in [0.2, 0.25) is 0 Å². The van der Waals surface area contributed by atoms with Crippen LogP contribution in [-0.2, 0) is 9.53 Å². The second kappa shape index (κ2) is 6.90. The molecule has 0 aromatic heterocycles. The molecule has 0 N–H and O–H groups in total. The molecule has 5 nitrogen and oxygen atoms in total. The highest BCUT2D eigenvalue weighted by Crippen LogP contribution is 2.20. The van der Waals surface area contributed by atoms with Crippen molar-refractivity contribution in [3.8, 4) is 6.07 Å². The molecule has 0 saturated carbocycles. The third-order valence-electron chi connectivity index (χ3n) is 2.03. The van der Waals surface area contributed by atoms with Gasteiger partial charge in [-0.2, -0.15) is 15.5 Å². The minimum Gasteiger partial charge on any atom is -0.463 e. The Morgan fingerprint density at radius 1 is 1.39 bits per heavy atom. The number of azo groups is 1. The summed E-state index contributed by atoms with van der Waals surface area (Å²) in [6.07, 6.45) is 2.17. The van der Waals surface area contributed by atoms with Gasteiger partial charge in [-0.1, -0.05) is 6.58 Å². The molecular weight excluding hydrogens is 230 g/mol. The largest absolute Gasteiger partial charge is 0.463 e. The fourth-order valence-corrected chi connectivity index (χ4v) is 1.04. The smallest absolute Gasteiger partial charge is 0.330 e. The molecule has 0 aliphatic carbocycles. The predicted octanol–water partition coefficient (Wildman–Crippen LogP) is 3.03. The van der Waals surface area contributed by atoms with Crippen LogP contribution in [0, 0.1) is 11.3 Å². The zero-order chi connectivity index (χ0) is 14.2. The summed E-state index contributed by atoms with van der Waals surface area (Å²) >= 11 is 0. The summed E-state index contributed by atoms with van der Waals surface area (Å²) in [6, 6.07) is 2.13. The van der Waals surface area contributed by atoms with E-state index in [4.69, 9.17) is 10.00 Å². The van der Waals surface area contributed by atoms with Crippen LogP contribution in [-0.4, -0.2) is 23.7 Å². The fraction of sp³-hybridized carbons (Fsp3) is 0.692. The van der Waals surface area contributed by atoms with Crippen LogP contribution in [0.25, 0.3) is 0 Å². The van der Waals surface area contributed by atoms with Gasteiger partial charge in [0.05, 0.1) is 18.2 Å². The van der Waals surface area contributed by atoms with Crippen molar-refractivity contribution in [1.29, 1.82) is 5.26 Å². The number of ether oxygens (including phenoxy) is 1. The third-order valence-corrected chi connectivity index (χ3v) is 2.03. The van der Waals surface area contributed by atoms with E-state index in [1.807, 2.05) is 20.8 Å². The van der Waals surface area contributed by atoms with Gasteiger partial charge in [0.25, 0.3) is 0 Å². The van der Waals surface area contributed by atoms with Crippen molar-refractivity contribution in [2.75, 3.05) is 6.61 Å². The maximum Gasteiger partial charge on any atom is 0.330 e. The van der Waals surface area contributed by atoms with Crippen molar-refractivity contribution in [2.24, 2.45) is 10.2 Å². The molecular formula is C13H21N3O2. The molecule has 0 heterocycles. The summed E-state index contributed by atoms with van der Waals surface area (Å²) < 4.78 is 4.84. The highest BCUT2D eigenvalue weighted by atomic mass is 16.5. The van der Waals surface area contributed by atoms with Crippen LogP contribution in [0.3, 0.4) is 0 Å². The van der Waals surface area contributed by atoms with Crippen molar-refractivity contribution >= 4 is 5.97 Å². The molecule has 0 aliphatic rings. The van der Waals surface area contributed by atoms with E-state index in [0.29, 0.717) is 12.8 Å². The lowest BCUT2D eigenvalue weighted by Crippen LogP contribution is -2.21.